The van der Waals surface area contributed by atoms with E-state index in [1.807, 2.05) is 0 Å². The maximum Gasteiger partial charge on any atom is 0.446 e. The SMILES string of the molecule is O=c1onc(-c2nonc2NCCCO)n1-c1ccc(F)c(Br)c1. The second-order valence-corrected chi connectivity index (χ2v) is 5.53. The van der Waals surface area contributed by atoms with Crippen molar-refractivity contribution >= 4 is 21.7 Å². The van der Waals surface area contributed by atoms with Gasteiger partial charge < -0.3 is 10.4 Å². The summed E-state index contributed by atoms with van der Waals surface area (Å²) >= 11 is 3.06. The first-order valence-electron chi connectivity index (χ1n) is 6.83. The molecule has 0 fully saturated rings. The minimum atomic E-state index is -0.771. The first kappa shape index (κ1) is 16.3. The number of anilines is 1. The number of aromatic nitrogens is 4. The van der Waals surface area contributed by atoms with Crippen LogP contribution < -0.4 is 11.1 Å². The van der Waals surface area contributed by atoms with Crippen LogP contribution in [-0.2, 0) is 0 Å². The van der Waals surface area contributed by atoms with Crippen LogP contribution >= 0.6 is 15.9 Å². The average molecular weight is 400 g/mol. The van der Waals surface area contributed by atoms with Crippen LogP contribution in [0.4, 0.5) is 10.2 Å². The number of aliphatic hydroxyl groups is 1. The van der Waals surface area contributed by atoms with Crippen molar-refractivity contribution in [3.8, 4) is 17.2 Å². The molecule has 2 aromatic heterocycles. The van der Waals surface area contributed by atoms with Gasteiger partial charge in [0.05, 0.1) is 10.2 Å². The maximum atomic E-state index is 13.4. The second kappa shape index (κ2) is 6.93. The number of hydrogen-bond acceptors (Lipinski definition) is 8. The monoisotopic (exact) mass is 399 g/mol. The summed E-state index contributed by atoms with van der Waals surface area (Å²) in [5, 5.41) is 22.8. The Morgan fingerprint density at radius 2 is 2.17 bits per heavy atom. The quantitative estimate of drug-likeness (QED) is 0.599. The highest BCUT2D eigenvalue weighted by atomic mass is 79.9. The van der Waals surface area contributed by atoms with Crippen LogP contribution in [0.3, 0.4) is 0 Å². The summed E-state index contributed by atoms with van der Waals surface area (Å²) in [5.74, 6) is -0.954. The van der Waals surface area contributed by atoms with E-state index in [-0.39, 0.29) is 28.4 Å². The number of aliphatic hydroxyl groups excluding tert-OH is 1. The Bertz CT molecular complexity index is 906. The summed E-state index contributed by atoms with van der Waals surface area (Å²) in [5.41, 5.74) is 0.480. The highest BCUT2D eigenvalue weighted by Crippen LogP contribution is 2.26. The normalized spacial score (nSPS) is 11.0. The van der Waals surface area contributed by atoms with Crippen molar-refractivity contribution in [2.75, 3.05) is 18.5 Å². The second-order valence-electron chi connectivity index (χ2n) is 4.67. The van der Waals surface area contributed by atoms with Gasteiger partial charge in [-0.15, -0.1) is 0 Å². The van der Waals surface area contributed by atoms with Crippen LogP contribution in [0.5, 0.6) is 0 Å². The lowest BCUT2D eigenvalue weighted by Gasteiger charge is -2.05. The van der Waals surface area contributed by atoms with Crippen molar-refractivity contribution in [2.24, 2.45) is 0 Å². The molecule has 0 amide bonds. The van der Waals surface area contributed by atoms with Crippen molar-refractivity contribution in [3.63, 3.8) is 0 Å². The molecule has 0 unspecified atom stereocenters. The van der Waals surface area contributed by atoms with E-state index in [2.05, 4.69) is 41.3 Å². The Hall–Kier alpha value is -2.53. The largest absolute Gasteiger partial charge is 0.446 e. The molecule has 0 radical (unpaired) electrons. The van der Waals surface area contributed by atoms with Gasteiger partial charge in [0.25, 0.3) is 0 Å². The van der Waals surface area contributed by atoms with Gasteiger partial charge in [0.15, 0.2) is 5.69 Å². The van der Waals surface area contributed by atoms with Gasteiger partial charge in [-0.3, -0.25) is 4.52 Å². The molecule has 0 aliphatic heterocycles. The number of nitrogens with one attached hydrogen (secondary N) is 1. The Labute approximate surface area is 142 Å². The molecule has 0 aliphatic rings. The molecule has 0 aliphatic carbocycles. The number of hydrogen-bond donors (Lipinski definition) is 2. The minimum Gasteiger partial charge on any atom is -0.396 e. The fourth-order valence-electron chi connectivity index (χ4n) is 1.99. The Balaban J connectivity index is 2.04. The Morgan fingerprint density at radius 3 is 2.92 bits per heavy atom. The third-order valence-corrected chi connectivity index (χ3v) is 3.70. The van der Waals surface area contributed by atoms with Crippen LogP contribution in [0.1, 0.15) is 6.42 Å². The van der Waals surface area contributed by atoms with E-state index in [9.17, 15) is 9.18 Å². The Morgan fingerprint density at radius 1 is 1.33 bits per heavy atom. The molecule has 1 aromatic carbocycles. The van der Waals surface area contributed by atoms with E-state index in [1.165, 1.54) is 18.2 Å². The molecule has 9 nitrogen and oxygen atoms in total. The zero-order valence-corrected chi connectivity index (χ0v) is 13.7. The Kier molecular flexibility index (Phi) is 4.71. The molecule has 2 N–H and O–H groups in total. The van der Waals surface area contributed by atoms with Gasteiger partial charge in [-0.2, -0.15) is 0 Å². The van der Waals surface area contributed by atoms with Gasteiger partial charge in [-0.1, -0.05) is 5.16 Å². The van der Waals surface area contributed by atoms with E-state index >= 15 is 0 Å². The predicted molar refractivity (Wildman–Crippen MR) is 83.2 cm³/mol. The standard InChI is InChI=1S/C13H11BrFN5O4/c14-8-6-7(2-3-9(8)15)20-12(19-23-13(20)22)10-11(18-24-17-10)16-4-1-5-21/h2-3,6,21H,1,4-5H2,(H,16,18). The van der Waals surface area contributed by atoms with Gasteiger partial charge in [0, 0.05) is 13.2 Å². The maximum absolute atomic E-state index is 13.4. The lowest BCUT2D eigenvalue weighted by atomic mass is 10.3. The number of benzene rings is 1. The zero-order valence-electron chi connectivity index (χ0n) is 12.1. The van der Waals surface area contributed by atoms with Gasteiger partial charge >= 0.3 is 5.76 Å². The highest BCUT2D eigenvalue weighted by Gasteiger charge is 2.22. The van der Waals surface area contributed by atoms with E-state index in [1.54, 1.807) is 0 Å². The summed E-state index contributed by atoms with van der Waals surface area (Å²) in [6, 6.07) is 4.00. The van der Waals surface area contributed by atoms with Crippen LogP contribution in [0.15, 0.2) is 36.6 Å². The first-order chi connectivity index (χ1) is 11.6. The smallest absolute Gasteiger partial charge is 0.396 e. The van der Waals surface area contributed by atoms with Crippen molar-refractivity contribution in [2.45, 2.75) is 6.42 Å². The molecule has 24 heavy (non-hydrogen) atoms. The topological polar surface area (TPSA) is 119 Å². The summed E-state index contributed by atoms with van der Waals surface area (Å²) < 4.78 is 24.1. The molecular formula is C13H11BrFN5O4. The van der Waals surface area contributed by atoms with Gasteiger partial charge in [-0.25, -0.2) is 18.4 Å². The van der Waals surface area contributed by atoms with Crippen molar-refractivity contribution in [3.05, 3.63) is 39.0 Å². The fraction of sp³-hybridized carbons (Fsp3) is 0.231. The highest BCUT2D eigenvalue weighted by molar-refractivity contribution is 9.10. The molecule has 0 saturated heterocycles. The molecule has 0 saturated carbocycles. The lowest BCUT2D eigenvalue weighted by Crippen LogP contribution is -2.14. The van der Waals surface area contributed by atoms with E-state index in [0.29, 0.717) is 18.7 Å². The van der Waals surface area contributed by atoms with Gasteiger partial charge in [0.1, 0.15) is 5.82 Å². The van der Waals surface area contributed by atoms with Crippen molar-refractivity contribution in [1.82, 2.24) is 20.0 Å². The lowest BCUT2D eigenvalue weighted by molar-refractivity contribution is 0.292. The average Bonchev–Trinajstić information content (AvgIpc) is 3.17. The molecule has 0 spiro atoms. The van der Waals surface area contributed by atoms with Crippen LogP contribution in [0.25, 0.3) is 17.2 Å². The molecule has 126 valence electrons. The third kappa shape index (κ3) is 3.08. The number of halogens is 2. The van der Waals surface area contributed by atoms with Crippen LogP contribution in [-0.4, -0.2) is 38.3 Å². The minimum absolute atomic E-state index is 0.00584. The first-order valence-corrected chi connectivity index (χ1v) is 7.63. The number of nitrogens with zero attached hydrogens (tertiary/aromatic N) is 4. The van der Waals surface area contributed by atoms with Gasteiger partial charge in [0.2, 0.25) is 11.6 Å². The molecule has 11 heteroatoms. The van der Waals surface area contributed by atoms with Crippen LogP contribution in [0, 0.1) is 5.82 Å². The summed E-state index contributed by atoms with van der Waals surface area (Å²) in [6.45, 7) is 0.424. The molecule has 2 heterocycles. The van der Waals surface area contributed by atoms with E-state index < -0.39 is 11.6 Å². The molecule has 3 rings (SSSR count). The van der Waals surface area contributed by atoms with Crippen LogP contribution in [0.2, 0.25) is 0 Å². The summed E-state index contributed by atoms with van der Waals surface area (Å²) in [6.07, 6.45) is 0.489. The summed E-state index contributed by atoms with van der Waals surface area (Å²) in [4.78, 5) is 12.0. The molecular weight excluding hydrogens is 389 g/mol. The van der Waals surface area contributed by atoms with E-state index in [4.69, 9.17) is 9.63 Å². The number of rotatable bonds is 6. The fourth-order valence-corrected chi connectivity index (χ4v) is 2.36. The molecule has 0 bridgehead atoms. The van der Waals surface area contributed by atoms with Gasteiger partial charge in [-0.05, 0) is 50.9 Å². The molecule has 0 atom stereocenters. The third-order valence-electron chi connectivity index (χ3n) is 3.09. The van der Waals surface area contributed by atoms with Crippen molar-refractivity contribution in [1.29, 1.82) is 0 Å². The summed E-state index contributed by atoms with van der Waals surface area (Å²) in [7, 11) is 0. The van der Waals surface area contributed by atoms with E-state index in [0.717, 1.165) is 4.57 Å². The van der Waals surface area contributed by atoms with Crippen molar-refractivity contribution < 1.29 is 18.6 Å². The predicted octanol–water partition coefficient (Wildman–Crippen LogP) is 1.57. The zero-order chi connectivity index (χ0) is 17.1. The molecule has 3 aromatic rings.